The molecule has 19 nitrogen and oxygen atoms in total. The van der Waals surface area contributed by atoms with Crippen LogP contribution in [0.25, 0.3) is 22.0 Å². The molecule has 0 saturated carbocycles. The molecular formula is C37H39N11O8S2. The SMILES string of the molecule is C=C(NC(=O)c1ccc2c(n1)-c1nc(oc1C)[C@H](C)NC(=O)c1csc(n1)[C@H](C)NC(=O)c1nc(oc1C)C(C)NC(=O)[C@H](C(C)C)NC(=O)c1csc-2n1)C(N)=O. The van der Waals surface area contributed by atoms with Gasteiger partial charge in [-0.1, -0.05) is 20.4 Å². The van der Waals surface area contributed by atoms with E-state index >= 15 is 0 Å². The van der Waals surface area contributed by atoms with E-state index in [9.17, 15) is 28.8 Å². The van der Waals surface area contributed by atoms with Crippen LogP contribution in [-0.2, 0) is 9.59 Å². The highest BCUT2D eigenvalue weighted by Gasteiger charge is 2.31. The Morgan fingerprint density at radius 1 is 0.759 bits per heavy atom. The maximum atomic E-state index is 13.6. The number of pyridine rings is 1. The van der Waals surface area contributed by atoms with Crippen molar-refractivity contribution < 1.29 is 37.6 Å². The summed E-state index contributed by atoms with van der Waals surface area (Å²) in [4.78, 5) is 101. The molecule has 0 fully saturated rings. The molecule has 0 saturated heterocycles. The molecule has 1 aliphatic heterocycles. The number of hydrogen-bond acceptors (Lipinski definition) is 15. The van der Waals surface area contributed by atoms with Crippen LogP contribution in [0, 0.1) is 19.8 Å². The number of aromatic nitrogens is 5. The second-order valence-electron chi connectivity index (χ2n) is 13.7. The van der Waals surface area contributed by atoms with Crippen molar-refractivity contribution in [3.8, 4) is 22.0 Å². The quantitative estimate of drug-likeness (QED) is 0.142. The number of hydrogen-bond donors (Lipinski definition) is 6. The van der Waals surface area contributed by atoms with Gasteiger partial charge in [-0.15, -0.1) is 22.7 Å². The molecule has 6 heterocycles. The summed E-state index contributed by atoms with van der Waals surface area (Å²) in [5, 5.41) is 17.3. The van der Waals surface area contributed by atoms with Gasteiger partial charge in [0.25, 0.3) is 29.5 Å². The lowest BCUT2D eigenvalue weighted by Gasteiger charge is -2.22. The zero-order valence-corrected chi connectivity index (χ0v) is 33.9. The van der Waals surface area contributed by atoms with Crippen LogP contribution in [0.1, 0.15) is 123 Å². The molecule has 1 aliphatic rings. The van der Waals surface area contributed by atoms with Crippen LogP contribution in [-0.4, -0.2) is 66.4 Å². The average molecular weight is 830 g/mol. The third-order valence-corrected chi connectivity index (χ3v) is 10.8. The van der Waals surface area contributed by atoms with Gasteiger partial charge in [0.05, 0.1) is 11.7 Å². The smallest absolute Gasteiger partial charge is 0.274 e. The van der Waals surface area contributed by atoms with E-state index in [0.717, 1.165) is 11.3 Å². The molecule has 5 aromatic rings. The molecular weight excluding hydrogens is 791 g/mol. The highest BCUT2D eigenvalue weighted by Crippen LogP contribution is 2.35. The number of fused-ring (bicyclic) bond motifs is 11. The first-order valence-electron chi connectivity index (χ1n) is 17.8. The van der Waals surface area contributed by atoms with Crippen LogP contribution >= 0.6 is 22.7 Å². The second kappa shape index (κ2) is 16.5. The Bertz CT molecular complexity index is 2480. The molecule has 0 aliphatic carbocycles. The Morgan fingerprint density at radius 3 is 2.02 bits per heavy atom. The number of carbonyl (C=O) groups excluding carboxylic acids is 6. The minimum Gasteiger partial charge on any atom is -0.443 e. The lowest BCUT2D eigenvalue weighted by molar-refractivity contribution is -0.124. The number of rotatable bonds is 4. The van der Waals surface area contributed by atoms with E-state index in [2.05, 4.69) is 58.1 Å². The van der Waals surface area contributed by atoms with Gasteiger partial charge < -0.3 is 41.2 Å². The normalized spacial score (nSPS) is 19.0. The van der Waals surface area contributed by atoms with Gasteiger partial charge in [0.2, 0.25) is 17.7 Å². The van der Waals surface area contributed by atoms with Crippen molar-refractivity contribution in [2.24, 2.45) is 11.7 Å². The fraction of sp³-hybridized carbons (Fsp3) is 0.324. The zero-order chi connectivity index (χ0) is 42.2. The van der Waals surface area contributed by atoms with Gasteiger partial charge in [0.15, 0.2) is 5.69 Å². The van der Waals surface area contributed by atoms with Gasteiger partial charge in [-0.05, 0) is 52.7 Å². The predicted octanol–water partition coefficient (Wildman–Crippen LogP) is 3.58. The molecule has 6 rings (SSSR count). The zero-order valence-electron chi connectivity index (χ0n) is 32.3. The standard InChI is InChI=1S/C37H39N11O8S2/c1-13(2)24-32(53)41-16(5)35-48-26(19(8)56-35)33(54)42-17(6)36-44-22(11-57-36)30(51)40-15(4)34-47-25(18(7)55-34)27-20(37-45-23(12-58-37)31(52)46-24)9-10-21(43-27)29(50)39-14(3)28(38)49/h9-13,15-17,24H,3H2,1-2,4-8H3,(H2,38,49)(H,39,50)(H,40,51)(H,41,53)(H,42,54)(H,46,52)/t15-,16?,17-,24-/m0/s1. The highest BCUT2D eigenvalue weighted by molar-refractivity contribution is 7.13. The molecule has 0 aromatic carbocycles. The molecule has 21 heteroatoms. The van der Waals surface area contributed by atoms with Gasteiger partial charge in [0.1, 0.15) is 68.1 Å². The molecule has 5 aromatic heterocycles. The third kappa shape index (κ3) is 8.54. The monoisotopic (exact) mass is 829 g/mol. The van der Waals surface area contributed by atoms with Crippen molar-refractivity contribution in [1.29, 1.82) is 0 Å². The molecule has 4 atom stereocenters. The Balaban J connectivity index is 1.42. The van der Waals surface area contributed by atoms with Crippen molar-refractivity contribution in [1.82, 2.24) is 51.5 Å². The van der Waals surface area contributed by atoms with Crippen LogP contribution in [0.3, 0.4) is 0 Å². The molecule has 0 radical (unpaired) electrons. The lowest BCUT2D eigenvalue weighted by Crippen LogP contribution is -2.50. The number of nitrogens with one attached hydrogen (secondary N) is 5. The summed E-state index contributed by atoms with van der Waals surface area (Å²) in [7, 11) is 0. The van der Waals surface area contributed by atoms with E-state index in [4.69, 9.17) is 14.6 Å². The number of primary amides is 1. The highest BCUT2D eigenvalue weighted by atomic mass is 32.1. The maximum absolute atomic E-state index is 13.6. The Morgan fingerprint density at radius 2 is 1.34 bits per heavy atom. The van der Waals surface area contributed by atoms with Crippen LogP contribution in [0.4, 0.5) is 0 Å². The number of oxazole rings is 2. The summed E-state index contributed by atoms with van der Waals surface area (Å²) < 4.78 is 11.8. The fourth-order valence-corrected chi connectivity index (χ4v) is 7.33. The molecule has 58 heavy (non-hydrogen) atoms. The molecule has 302 valence electrons. The van der Waals surface area contributed by atoms with Crippen molar-refractivity contribution in [3.05, 3.63) is 86.3 Å². The van der Waals surface area contributed by atoms with Crippen molar-refractivity contribution in [2.75, 3.05) is 0 Å². The number of amides is 6. The summed E-state index contributed by atoms with van der Waals surface area (Å²) in [6.07, 6.45) is 0. The predicted molar refractivity (Wildman–Crippen MR) is 209 cm³/mol. The van der Waals surface area contributed by atoms with Crippen LogP contribution < -0.4 is 32.3 Å². The number of nitrogens with zero attached hydrogens (tertiary/aromatic N) is 5. The summed E-state index contributed by atoms with van der Waals surface area (Å²) in [5.41, 5.74) is 5.54. The maximum Gasteiger partial charge on any atom is 0.274 e. The molecule has 8 bridgehead atoms. The van der Waals surface area contributed by atoms with Gasteiger partial charge in [0, 0.05) is 16.3 Å². The molecule has 7 N–H and O–H groups in total. The molecule has 6 amide bonds. The van der Waals surface area contributed by atoms with E-state index in [1.165, 1.54) is 22.8 Å². The largest absolute Gasteiger partial charge is 0.443 e. The summed E-state index contributed by atoms with van der Waals surface area (Å²) in [6, 6.07) is -0.285. The summed E-state index contributed by atoms with van der Waals surface area (Å²) in [5.74, 6) is -3.70. The van der Waals surface area contributed by atoms with E-state index in [-0.39, 0.29) is 69.1 Å². The van der Waals surface area contributed by atoms with E-state index in [1.807, 2.05) is 0 Å². The van der Waals surface area contributed by atoms with Gasteiger partial charge in [-0.3, -0.25) is 28.8 Å². The van der Waals surface area contributed by atoms with Crippen LogP contribution in [0.15, 0.2) is 44.0 Å². The first-order chi connectivity index (χ1) is 27.4. The number of thiazole rings is 2. The Hall–Kier alpha value is -6.61. The van der Waals surface area contributed by atoms with E-state index < -0.39 is 59.6 Å². The van der Waals surface area contributed by atoms with E-state index in [0.29, 0.717) is 15.6 Å². The van der Waals surface area contributed by atoms with Crippen molar-refractivity contribution in [2.45, 2.75) is 72.6 Å². The number of carbonyl (C=O) groups is 6. The Kier molecular flexibility index (Phi) is 11.7. The first kappa shape index (κ1) is 41.0. The van der Waals surface area contributed by atoms with Crippen LogP contribution in [0.5, 0.6) is 0 Å². The van der Waals surface area contributed by atoms with Crippen molar-refractivity contribution >= 4 is 58.1 Å². The van der Waals surface area contributed by atoms with Gasteiger partial charge in [-0.25, -0.2) is 24.9 Å². The van der Waals surface area contributed by atoms with Crippen LogP contribution in [0.2, 0.25) is 0 Å². The summed E-state index contributed by atoms with van der Waals surface area (Å²) >= 11 is 2.26. The van der Waals surface area contributed by atoms with Crippen molar-refractivity contribution in [3.63, 3.8) is 0 Å². The average Bonchev–Trinajstić information content (AvgIpc) is 3.99. The van der Waals surface area contributed by atoms with Gasteiger partial charge >= 0.3 is 0 Å². The Labute approximate surface area is 338 Å². The first-order valence-corrected chi connectivity index (χ1v) is 19.6. The molecule has 1 unspecified atom stereocenters. The fourth-order valence-electron chi connectivity index (χ4n) is 5.70. The summed E-state index contributed by atoms with van der Waals surface area (Å²) in [6.45, 7) is 15.2. The lowest BCUT2D eigenvalue weighted by atomic mass is 10.0. The van der Waals surface area contributed by atoms with E-state index in [1.54, 1.807) is 59.9 Å². The second-order valence-corrected chi connectivity index (χ2v) is 15.5. The minimum absolute atomic E-state index is 0.00615. The van der Waals surface area contributed by atoms with Gasteiger partial charge in [-0.2, -0.15) is 0 Å². The number of nitrogens with two attached hydrogens (primary N) is 1. The third-order valence-electron chi connectivity index (χ3n) is 8.88. The molecule has 0 spiro atoms. The minimum atomic E-state index is -1.01. The topological polar surface area (TPSA) is 279 Å². The number of aryl methyl sites for hydroxylation is 2.